The molecule has 0 radical (unpaired) electrons. The smallest absolute Gasteiger partial charge is 0.258 e. The molecule has 104 valence electrons. The molecule has 5 nitrogen and oxygen atoms in total. The van der Waals surface area contributed by atoms with Gasteiger partial charge in [0.15, 0.2) is 11.6 Å². The van der Waals surface area contributed by atoms with E-state index >= 15 is 0 Å². The fourth-order valence-corrected chi connectivity index (χ4v) is 1.59. The Kier molecular flexibility index (Phi) is 3.90. The van der Waals surface area contributed by atoms with Crippen molar-refractivity contribution in [3.05, 3.63) is 53.2 Å². The molecule has 1 aromatic heterocycles. The van der Waals surface area contributed by atoms with Crippen LogP contribution in [-0.2, 0) is 0 Å². The first-order valence-electron chi connectivity index (χ1n) is 5.71. The Hall–Kier alpha value is -2.54. The molecule has 0 spiro atoms. The number of rotatable bonds is 3. The molecule has 1 heterocycles. The van der Waals surface area contributed by atoms with Crippen molar-refractivity contribution in [2.75, 3.05) is 10.7 Å². The van der Waals surface area contributed by atoms with Crippen LogP contribution in [0.25, 0.3) is 0 Å². The van der Waals surface area contributed by atoms with Gasteiger partial charge in [-0.05, 0) is 30.7 Å². The van der Waals surface area contributed by atoms with Crippen LogP contribution in [0, 0.1) is 18.6 Å². The Balaban J connectivity index is 2.26. The summed E-state index contributed by atoms with van der Waals surface area (Å²) in [6, 6.07) is 5.41. The molecule has 20 heavy (non-hydrogen) atoms. The van der Waals surface area contributed by atoms with Crippen LogP contribution in [0.5, 0.6) is 0 Å². The van der Waals surface area contributed by atoms with E-state index in [1.54, 1.807) is 6.92 Å². The second kappa shape index (κ2) is 5.62. The third-order valence-corrected chi connectivity index (χ3v) is 2.70. The van der Waals surface area contributed by atoms with Crippen molar-refractivity contribution in [2.45, 2.75) is 6.92 Å². The maximum atomic E-state index is 13.8. The molecule has 0 aliphatic rings. The van der Waals surface area contributed by atoms with Crippen LogP contribution in [0.3, 0.4) is 0 Å². The number of carbonyl (C=O) groups excluding carboxylic acids is 1. The van der Waals surface area contributed by atoms with Gasteiger partial charge in [0, 0.05) is 11.9 Å². The van der Waals surface area contributed by atoms with Crippen LogP contribution in [-0.4, -0.2) is 10.9 Å². The van der Waals surface area contributed by atoms with Gasteiger partial charge in [-0.25, -0.2) is 19.6 Å². The molecule has 0 aliphatic heterocycles. The Morgan fingerprint density at radius 2 is 2.05 bits per heavy atom. The van der Waals surface area contributed by atoms with Crippen LogP contribution in [0.4, 0.5) is 20.3 Å². The minimum Gasteiger partial charge on any atom is -0.322 e. The molecule has 1 amide bonds. The van der Waals surface area contributed by atoms with Crippen molar-refractivity contribution < 1.29 is 13.6 Å². The largest absolute Gasteiger partial charge is 0.322 e. The molecule has 0 saturated carbocycles. The summed E-state index contributed by atoms with van der Waals surface area (Å²) in [5.41, 5.74) is 2.49. The van der Waals surface area contributed by atoms with E-state index in [1.165, 1.54) is 24.4 Å². The number of halogens is 2. The van der Waals surface area contributed by atoms with Gasteiger partial charge in [0.2, 0.25) is 0 Å². The summed E-state index contributed by atoms with van der Waals surface area (Å²) in [5, 5.41) is 2.40. The summed E-state index contributed by atoms with van der Waals surface area (Å²) in [7, 11) is 0. The van der Waals surface area contributed by atoms with Crippen molar-refractivity contribution in [2.24, 2.45) is 5.84 Å². The molecule has 0 atom stereocenters. The molecule has 4 N–H and O–H groups in total. The van der Waals surface area contributed by atoms with Crippen molar-refractivity contribution in [3.8, 4) is 0 Å². The van der Waals surface area contributed by atoms with E-state index in [4.69, 9.17) is 5.84 Å². The molecule has 0 unspecified atom stereocenters. The van der Waals surface area contributed by atoms with Gasteiger partial charge >= 0.3 is 0 Å². The van der Waals surface area contributed by atoms with Crippen molar-refractivity contribution in [3.63, 3.8) is 0 Å². The number of amides is 1. The normalized spacial score (nSPS) is 10.2. The number of anilines is 2. The number of nitrogens with two attached hydrogens (primary N) is 1. The summed E-state index contributed by atoms with van der Waals surface area (Å²) in [4.78, 5) is 15.6. The van der Waals surface area contributed by atoms with Crippen molar-refractivity contribution >= 4 is 17.4 Å². The Bertz CT molecular complexity index is 661. The molecule has 7 heteroatoms. The number of benzene rings is 1. The predicted octanol–water partition coefficient (Wildman–Crippen LogP) is 2.21. The van der Waals surface area contributed by atoms with Crippen LogP contribution >= 0.6 is 0 Å². The summed E-state index contributed by atoms with van der Waals surface area (Å²) in [6.07, 6.45) is 1.24. The first-order chi connectivity index (χ1) is 9.52. The highest BCUT2D eigenvalue weighted by Gasteiger charge is 2.16. The van der Waals surface area contributed by atoms with Gasteiger partial charge in [-0.15, -0.1) is 0 Å². The lowest BCUT2D eigenvalue weighted by Crippen LogP contribution is -2.17. The number of hydrazine groups is 1. The SMILES string of the molecule is Cc1ccc(NC(=O)c2ccnc(NN)c2F)cc1F. The number of carbonyl (C=O) groups is 1. The third-order valence-electron chi connectivity index (χ3n) is 2.70. The lowest BCUT2D eigenvalue weighted by Gasteiger charge is -2.08. The van der Waals surface area contributed by atoms with E-state index in [2.05, 4.69) is 10.3 Å². The maximum absolute atomic E-state index is 13.8. The average Bonchev–Trinajstić information content (AvgIpc) is 2.43. The number of nitrogens with one attached hydrogen (secondary N) is 2. The standard InChI is InChI=1S/C13H12F2N4O/c1-7-2-3-8(6-10(7)14)18-13(20)9-4-5-17-12(19-16)11(9)15/h2-6H,16H2,1H3,(H,17,19)(H,18,20). The van der Waals surface area contributed by atoms with E-state index in [0.29, 0.717) is 5.56 Å². The quantitative estimate of drug-likeness (QED) is 0.594. The number of pyridine rings is 1. The highest BCUT2D eigenvalue weighted by atomic mass is 19.1. The van der Waals surface area contributed by atoms with E-state index in [1.807, 2.05) is 5.43 Å². The molecule has 0 aliphatic carbocycles. The van der Waals surface area contributed by atoms with E-state index in [-0.39, 0.29) is 17.1 Å². The van der Waals surface area contributed by atoms with Gasteiger partial charge < -0.3 is 10.7 Å². The number of hydrogen-bond acceptors (Lipinski definition) is 4. The minimum absolute atomic E-state index is 0.233. The molecule has 0 saturated heterocycles. The summed E-state index contributed by atoms with van der Waals surface area (Å²) < 4.78 is 27.2. The van der Waals surface area contributed by atoms with E-state index in [0.717, 1.165) is 6.07 Å². The fourth-order valence-electron chi connectivity index (χ4n) is 1.59. The van der Waals surface area contributed by atoms with Crippen molar-refractivity contribution in [1.82, 2.24) is 4.98 Å². The predicted molar refractivity (Wildman–Crippen MR) is 71.1 cm³/mol. The number of aryl methyl sites for hydroxylation is 1. The second-order valence-corrected chi connectivity index (χ2v) is 4.08. The Morgan fingerprint density at radius 1 is 1.30 bits per heavy atom. The summed E-state index contributed by atoms with van der Waals surface area (Å²) in [6.45, 7) is 1.60. The Labute approximate surface area is 113 Å². The van der Waals surface area contributed by atoms with Gasteiger partial charge in [0.1, 0.15) is 5.82 Å². The van der Waals surface area contributed by atoms with E-state index in [9.17, 15) is 13.6 Å². The van der Waals surface area contributed by atoms with Crippen LogP contribution in [0.1, 0.15) is 15.9 Å². The van der Waals surface area contributed by atoms with Gasteiger partial charge in [-0.1, -0.05) is 6.07 Å². The topological polar surface area (TPSA) is 80.0 Å². The zero-order valence-electron chi connectivity index (χ0n) is 10.6. The second-order valence-electron chi connectivity index (χ2n) is 4.08. The lowest BCUT2D eigenvalue weighted by atomic mass is 10.2. The molecule has 2 rings (SSSR count). The molecule has 2 aromatic rings. The lowest BCUT2D eigenvalue weighted by molar-refractivity contribution is 0.102. The molecular formula is C13H12F2N4O. The molecule has 0 fully saturated rings. The third kappa shape index (κ3) is 2.72. The minimum atomic E-state index is -0.875. The average molecular weight is 278 g/mol. The van der Waals surface area contributed by atoms with Crippen molar-refractivity contribution in [1.29, 1.82) is 0 Å². The van der Waals surface area contributed by atoms with Gasteiger partial charge in [0.05, 0.1) is 5.56 Å². The zero-order valence-corrected chi connectivity index (χ0v) is 10.6. The van der Waals surface area contributed by atoms with Gasteiger partial charge in [0.25, 0.3) is 5.91 Å². The highest BCUT2D eigenvalue weighted by molar-refractivity contribution is 6.04. The molecule has 1 aromatic carbocycles. The van der Waals surface area contributed by atoms with Crippen LogP contribution in [0.15, 0.2) is 30.5 Å². The first-order valence-corrected chi connectivity index (χ1v) is 5.71. The molecular weight excluding hydrogens is 266 g/mol. The Morgan fingerprint density at radius 3 is 2.70 bits per heavy atom. The highest BCUT2D eigenvalue weighted by Crippen LogP contribution is 2.18. The van der Waals surface area contributed by atoms with Gasteiger partial charge in [-0.3, -0.25) is 4.79 Å². The summed E-state index contributed by atoms with van der Waals surface area (Å²) >= 11 is 0. The van der Waals surface area contributed by atoms with Crippen LogP contribution < -0.4 is 16.6 Å². The summed E-state index contributed by atoms with van der Waals surface area (Å²) in [5.74, 6) is 2.78. The maximum Gasteiger partial charge on any atom is 0.258 e. The monoisotopic (exact) mass is 278 g/mol. The number of hydrogen-bond donors (Lipinski definition) is 3. The number of nitrogen functional groups attached to an aromatic ring is 1. The number of nitrogens with zero attached hydrogens (tertiary/aromatic N) is 1. The first kappa shape index (κ1) is 13.9. The zero-order chi connectivity index (χ0) is 14.7. The van der Waals surface area contributed by atoms with Crippen LogP contribution in [0.2, 0.25) is 0 Å². The number of aromatic nitrogens is 1. The fraction of sp³-hybridized carbons (Fsp3) is 0.0769. The van der Waals surface area contributed by atoms with E-state index < -0.39 is 17.5 Å². The molecule has 0 bridgehead atoms. The van der Waals surface area contributed by atoms with Gasteiger partial charge in [-0.2, -0.15) is 0 Å².